The van der Waals surface area contributed by atoms with Crippen molar-refractivity contribution in [3.8, 4) is 11.1 Å². The SMILES string of the molecule is CC(CCNS(=O)(=O)c1ccc(-c2ccc3ccoc3c2)cc1)N1CCOCC1. The van der Waals surface area contributed by atoms with Gasteiger partial charge in [0.25, 0.3) is 0 Å². The summed E-state index contributed by atoms with van der Waals surface area (Å²) in [5.74, 6) is 0. The smallest absolute Gasteiger partial charge is 0.240 e. The zero-order chi connectivity index (χ0) is 20.3. The van der Waals surface area contributed by atoms with Crippen LogP contribution in [0.1, 0.15) is 13.3 Å². The molecule has 0 aliphatic carbocycles. The van der Waals surface area contributed by atoms with Crippen LogP contribution >= 0.6 is 0 Å². The summed E-state index contributed by atoms with van der Waals surface area (Å²) in [6, 6.07) is 15.2. The van der Waals surface area contributed by atoms with E-state index in [2.05, 4.69) is 16.5 Å². The molecule has 1 aliphatic rings. The van der Waals surface area contributed by atoms with Gasteiger partial charge in [-0.25, -0.2) is 13.1 Å². The van der Waals surface area contributed by atoms with Crippen LogP contribution in [0.2, 0.25) is 0 Å². The van der Waals surface area contributed by atoms with Crippen LogP contribution in [0.5, 0.6) is 0 Å². The first-order valence-corrected chi connectivity index (χ1v) is 11.4. The molecule has 1 aliphatic heterocycles. The molecule has 6 nitrogen and oxygen atoms in total. The predicted octanol–water partition coefficient (Wildman–Crippen LogP) is 3.49. The fourth-order valence-corrected chi connectivity index (χ4v) is 4.69. The second-order valence-electron chi connectivity index (χ2n) is 7.38. The molecule has 1 atom stereocenters. The lowest BCUT2D eigenvalue weighted by molar-refractivity contribution is 0.0190. The summed E-state index contributed by atoms with van der Waals surface area (Å²) in [6.07, 6.45) is 2.43. The standard InChI is InChI=1S/C22H26N2O4S/c1-17(24-11-14-27-15-12-24)8-10-23-29(25,26)21-6-4-18(5-7-21)20-3-2-19-9-13-28-22(19)16-20/h2-7,9,13,16-17,23H,8,10-12,14-15H2,1H3. The summed E-state index contributed by atoms with van der Waals surface area (Å²) in [6.45, 7) is 5.84. The molecular weight excluding hydrogens is 388 g/mol. The molecular formula is C22H26N2O4S. The molecule has 0 saturated carbocycles. The highest BCUT2D eigenvalue weighted by molar-refractivity contribution is 7.89. The summed E-state index contributed by atoms with van der Waals surface area (Å²) in [5, 5.41) is 1.04. The molecule has 29 heavy (non-hydrogen) atoms. The van der Waals surface area contributed by atoms with E-state index in [1.54, 1.807) is 18.4 Å². The van der Waals surface area contributed by atoms with Crippen molar-refractivity contribution in [2.75, 3.05) is 32.8 Å². The van der Waals surface area contributed by atoms with E-state index in [9.17, 15) is 8.42 Å². The zero-order valence-electron chi connectivity index (χ0n) is 16.5. The number of furan rings is 1. The highest BCUT2D eigenvalue weighted by atomic mass is 32.2. The summed E-state index contributed by atoms with van der Waals surface area (Å²) < 4.78 is 38.8. The van der Waals surface area contributed by atoms with Gasteiger partial charge < -0.3 is 9.15 Å². The van der Waals surface area contributed by atoms with Crippen molar-refractivity contribution < 1.29 is 17.6 Å². The normalized spacial score (nSPS) is 16.9. The first kappa shape index (κ1) is 20.1. The fraction of sp³-hybridized carbons (Fsp3) is 0.364. The first-order chi connectivity index (χ1) is 14.0. The van der Waals surface area contributed by atoms with Crippen LogP contribution in [0.3, 0.4) is 0 Å². The molecule has 4 rings (SSSR count). The molecule has 0 bridgehead atoms. The number of nitrogens with zero attached hydrogens (tertiary/aromatic N) is 1. The van der Waals surface area contributed by atoms with Crippen LogP contribution in [0.15, 0.2) is 64.1 Å². The maximum Gasteiger partial charge on any atom is 0.240 e. The molecule has 1 N–H and O–H groups in total. The number of hydrogen-bond acceptors (Lipinski definition) is 5. The molecule has 1 aromatic heterocycles. The number of fused-ring (bicyclic) bond motifs is 1. The highest BCUT2D eigenvalue weighted by Crippen LogP contribution is 2.26. The molecule has 3 aromatic rings. The van der Waals surface area contributed by atoms with Crippen molar-refractivity contribution in [3.05, 3.63) is 54.8 Å². The van der Waals surface area contributed by atoms with Crippen molar-refractivity contribution in [2.24, 2.45) is 0 Å². The molecule has 154 valence electrons. The Labute approximate surface area is 171 Å². The summed E-state index contributed by atoms with van der Waals surface area (Å²) >= 11 is 0. The Morgan fingerprint density at radius 3 is 2.52 bits per heavy atom. The number of nitrogens with one attached hydrogen (secondary N) is 1. The largest absolute Gasteiger partial charge is 0.464 e. The molecule has 0 radical (unpaired) electrons. The predicted molar refractivity (Wildman–Crippen MR) is 113 cm³/mol. The van der Waals surface area contributed by atoms with Crippen molar-refractivity contribution in [1.82, 2.24) is 9.62 Å². The lowest BCUT2D eigenvalue weighted by atomic mass is 10.0. The van der Waals surface area contributed by atoms with Crippen LogP contribution in [0, 0.1) is 0 Å². The van der Waals surface area contributed by atoms with Crippen LogP contribution in [-0.2, 0) is 14.8 Å². The van der Waals surface area contributed by atoms with Gasteiger partial charge in [0.1, 0.15) is 5.58 Å². The third kappa shape index (κ3) is 4.70. The Balaban J connectivity index is 1.38. The summed E-state index contributed by atoms with van der Waals surface area (Å²) in [5.41, 5.74) is 2.75. The molecule has 1 unspecified atom stereocenters. The minimum Gasteiger partial charge on any atom is -0.464 e. The molecule has 1 saturated heterocycles. The average Bonchev–Trinajstić information content (AvgIpc) is 3.22. The highest BCUT2D eigenvalue weighted by Gasteiger charge is 2.19. The lowest BCUT2D eigenvalue weighted by Gasteiger charge is -2.32. The van der Waals surface area contributed by atoms with Gasteiger partial charge in [-0.1, -0.05) is 24.3 Å². The quantitative estimate of drug-likeness (QED) is 0.641. The van der Waals surface area contributed by atoms with Crippen molar-refractivity contribution in [3.63, 3.8) is 0 Å². The minimum atomic E-state index is -3.52. The van der Waals surface area contributed by atoms with Crippen LogP contribution in [-0.4, -0.2) is 52.2 Å². The van der Waals surface area contributed by atoms with Crippen LogP contribution in [0.4, 0.5) is 0 Å². The number of benzene rings is 2. The van der Waals surface area contributed by atoms with Crippen LogP contribution in [0.25, 0.3) is 22.1 Å². The van der Waals surface area contributed by atoms with E-state index in [4.69, 9.17) is 9.15 Å². The van der Waals surface area contributed by atoms with E-state index in [1.807, 2.05) is 36.4 Å². The van der Waals surface area contributed by atoms with Gasteiger partial charge in [0.2, 0.25) is 10.0 Å². The Morgan fingerprint density at radius 1 is 1.03 bits per heavy atom. The van der Waals surface area contributed by atoms with Gasteiger partial charge in [-0.15, -0.1) is 0 Å². The summed E-state index contributed by atoms with van der Waals surface area (Å²) in [4.78, 5) is 2.61. The molecule has 0 amide bonds. The van der Waals surface area contributed by atoms with Gasteiger partial charge >= 0.3 is 0 Å². The van der Waals surface area contributed by atoms with E-state index < -0.39 is 10.0 Å². The van der Waals surface area contributed by atoms with Gasteiger partial charge in [-0.2, -0.15) is 0 Å². The van der Waals surface area contributed by atoms with Crippen molar-refractivity contribution >= 4 is 21.0 Å². The molecule has 2 heterocycles. The number of morpholine rings is 1. The second-order valence-corrected chi connectivity index (χ2v) is 9.15. The fourth-order valence-electron chi connectivity index (χ4n) is 3.65. The minimum absolute atomic E-state index is 0.277. The lowest BCUT2D eigenvalue weighted by Crippen LogP contribution is -2.43. The molecule has 0 spiro atoms. The van der Waals surface area contributed by atoms with Crippen LogP contribution < -0.4 is 4.72 Å². The number of hydrogen-bond donors (Lipinski definition) is 1. The maximum absolute atomic E-state index is 12.6. The van der Waals surface area contributed by atoms with E-state index in [-0.39, 0.29) is 4.90 Å². The maximum atomic E-state index is 12.6. The van der Waals surface area contributed by atoms with Gasteiger partial charge in [0.05, 0.1) is 24.4 Å². The van der Waals surface area contributed by atoms with E-state index in [0.29, 0.717) is 12.6 Å². The van der Waals surface area contributed by atoms with Gasteiger partial charge in [0.15, 0.2) is 0 Å². The molecule has 1 fully saturated rings. The van der Waals surface area contributed by atoms with E-state index in [0.717, 1.165) is 54.8 Å². The summed E-state index contributed by atoms with van der Waals surface area (Å²) in [7, 11) is -3.52. The Kier molecular flexibility index (Phi) is 6.01. The molecule has 2 aromatic carbocycles. The van der Waals surface area contributed by atoms with Crippen molar-refractivity contribution in [2.45, 2.75) is 24.3 Å². The second kappa shape index (κ2) is 8.67. The third-order valence-electron chi connectivity index (χ3n) is 5.48. The third-order valence-corrected chi connectivity index (χ3v) is 6.95. The number of ether oxygens (including phenoxy) is 1. The Hall–Kier alpha value is -2.19. The van der Waals surface area contributed by atoms with Crippen molar-refractivity contribution in [1.29, 1.82) is 0 Å². The zero-order valence-corrected chi connectivity index (χ0v) is 17.3. The van der Waals surface area contributed by atoms with Gasteiger partial charge in [-0.3, -0.25) is 4.90 Å². The van der Waals surface area contributed by atoms with E-state index >= 15 is 0 Å². The monoisotopic (exact) mass is 414 g/mol. The Morgan fingerprint density at radius 2 is 1.76 bits per heavy atom. The Bertz CT molecular complexity index is 1050. The van der Waals surface area contributed by atoms with E-state index in [1.165, 1.54) is 0 Å². The average molecular weight is 415 g/mol. The number of rotatable bonds is 7. The van der Waals surface area contributed by atoms with Gasteiger partial charge in [-0.05, 0) is 48.7 Å². The first-order valence-electron chi connectivity index (χ1n) is 9.92. The topological polar surface area (TPSA) is 71.8 Å². The molecule has 7 heteroatoms. The van der Waals surface area contributed by atoms with Gasteiger partial charge in [0, 0.05) is 31.1 Å². The number of sulfonamides is 1.